The highest BCUT2D eigenvalue weighted by Gasteiger charge is 2.69. The van der Waals surface area contributed by atoms with Crippen LogP contribution >= 0.6 is 0 Å². The topological polar surface area (TPSA) is 91.7 Å². The highest BCUT2D eigenvalue weighted by Crippen LogP contribution is 2.75. The minimum atomic E-state index is -1.02. The maximum atomic E-state index is 11.6. The minimum absolute atomic E-state index is 0.225. The second-order valence-electron chi connectivity index (χ2n) is 6.86. The summed E-state index contributed by atoms with van der Waals surface area (Å²) in [6.45, 7) is 0. The van der Waals surface area contributed by atoms with E-state index in [0.717, 1.165) is 44.5 Å². The zero-order valence-corrected chi connectivity index (χ0v) is 12.3. The maximum Gasteiger partial charge on any atom is 0.327 e. The molecule has 0 saturated heterocycles. The SMILES string of the molecule is O=CC1CCC2C3CCC(C=CC(=O)O)(C3)C12C=CC(=O)O. The molecule has 3 saturated carbocycles. The average Bonchev–Trinajstić information content (AvgIpc) is 3.11. The van der Waals surface area contributed by atoms with Crippen LogP contribution in [-0.4, -0.2) is 28.4 Å². The Kier molecular flexibility index (Phi) is 3.46. The number of fused-ring (bicyclic) bond motifs is 5. The van der Waals surface area contributed by atoms with Crippen LogP contribution in [0.1, 0.15) is 32.1 Å². The zero-order valence-electron chi connectivity index (χ0n) is 12.3. The van der Waals surface area contributed by atoms with Gasteiger partial charge in [0.05, 0.1) is 0 Å². The van der Waals surface area contributed by atoms with Crippen LogP contribution in [0, 0.1) is 28.6 Å². The molecular formula is C17H20O5. The summed E-state index contributed by atoms with van der Waals surface area (Å²) in [5.41, 5.74) is -0.920. The van der Waals surface area contributed by atoms with Crippen molar-refractivity contribution < 1.29 is 24.6 Å². The molecular weight excluding hydrogens is 284 g/mol. The van der Waals surface area contributed by atoms with Crippen LogP contribution in [0.15, 0.2) is 24.3 Å². The van der Waals surface area contributed by atoms with Crippen molar-refractivity contribution in [1.82, 2.24) is 0 Å². The predicted octanol–water partition coefficient (Wildman–Crippen LogP) is 2.28. The minimum Gasteiger partial charge on any atom is -0.478 e. The Hall–Kier alpha value is -1.91. The molecule has 5 nitrogen and oxygen atoms in total. The molecule has 0 spiro atoms. The summed E-state index contributed by atoms with van der Waals surface area (Å²) in [6, 6.07) is 0. The van der Waals surface area contributed by atoms with Crippen LogP contribution < -0.4 is 0 Å². The van der Waals surface area contributed by atoms with Gasteiger partial charge in [-0.05, 0) is 49.4 Å². The van der Waals surface area contributed by atoms with Crippen molar-refractivity contribution in [3.63, 3.8) is 0 Å². The van der Waals surface area contributed by atoms with Gasteiger partial charge in [0.2, 0.25) is 0 Å². The summed E-state index contributed by atoms with van der Waals surface area (Å²) in [4.78, 5) is 33.6. The number of allylic oxidation sites excluding steroid dienone is 2. The first-order chi connectivity index (χ1) is 10.4. The second-order valence-corrected chi connectivity index (χ2v) is 6.86. The molecule has 3 aliphatic carbocycles. The monoisotopic (exact) mass is 304 g/mol. The number of hydrogen-bond acceptors (Lipinski definition) is 3. The van der Waals surface area contributed by atoms with Gasteiger partial charge >= 0.3 is 11.9 Å². The third-order valence-electron chi connectivity index (χ3n) is 6.25. The smallest absolute Gasteiger partial charge is 0.327 e. The number of aldehydes is 1. The van der Waals surface area contributed by atoms with E-state index >= 15 is 0 Å². The predicted molar refractivity (Wildman–Crippen MR) is 78.0 cm³/mol. The van der Waals surface area contributed by atoms with E-state index in [4.69, 9.17) is 10.2 Å². The van der Waals surface area contributed by atoms with E-state index in [1.807, 2.05) is 0 Å². The van der Waals surface area contributed by atoms with Crippen molar-refractivity contribution in [2.45, 2.75) is 32.1 Å². The number of carboxylic acids is 2. The summed E-state index contributed by atoms with van der Waals surface area (Å²) < 4.78 is 0. The van der Waals surface area contributed by atoms with E-state index in [0.29, 0.717) is 5.92 Å². The van der Waals surface area contributed by atoms with Gasteiger partial charge in [-0.1, -0.05) is 12.2 Å². The summed E-state index contributed by atoms with van der Waals surface area (Å²) in [5, 5.41) is 18.0. The lowest BCUT2D eigenvalue weighted by molar-refractivity contribution is -0.132. The first kappa shape index (κ1) is 15.0. The number of hydrogen-bond donors (Lipinski definition) is 2. The molecule has 0 amide bonds. The summed E-state index contributed by atoms with van der Waals surface area (Å²) in [6.07, 6.45) is 11.1. The van der Waals surface area contributed by atoms with Gasteiger partial charge in [0.1, 0.15) is 6.29 Å². The molecule has 5 unspecified atom stereocenters. The van der Waals surface area contributed by atoms with Crippen molar-refractivity contribution in [3.05, 3.63) is 24.3 Å². The molecule has 2 N–H and O–H groups in total. The summed E-state index contributed by atoms with van der Waals surface area (Å²) in [7, 11) is 0. The fourth-order valence-corrected chi connectivity index (χ4v) is 5.66. The normalized spacial score (nSPS) is 43.0. The quantitative estimate of drug-likeness (QED) is 0.600. The lowest BCUT2D eigenvalue weighted by atomic mass is 9.56. The van der Waals surface area contributed by atoms with Gasteiger partial charge in [0, 0.05) is 23.5 Å². The van der Waals surface area contributed by atoms with Crippen molar-refractivity contribution in [2.75, 3.05) is 0 Å². The molecule has 0 aromatic carbocycles. The Labute approximate surface area is 128 Å². The lowest BCUT2D eigenvalue weighted by Crippen LogP contribution is -2.43. The van der Waals surface area contributed by atoms with Gasteiger partial charge < -0.3 is 15.0 Å². The van der Waals surface area contributed by atoms with Crippen molar-refractivity contribution in [3.8, 4) is 0 Å². The standard InChI is InChI=1S/C17H20O5/c18-10-12-1-2-13-11-3-6-16(9-11,7-4-14(19)20)17(12,13)8-5-15(21)22/h4-5,7-8,10-13H,1-3,6,9H2,(H,19,20)(H,21,22). The fraction of sp³-hybridized carbons (Fsp3) is 0.588. The molecule has 0 aliphatic heterocycles. The number of carbonyl (C=O) groups excluding carboxylic acids is 1. The first-order valence-electron chi connectivity index (χ1n) is 7.75. The van der Waals surface area contributed by atoms with Crippen molar-refractivity contribution in [1.29, 1.82) is 0 Å². The maximum absolute atomic E-state index is 11.6. The Morgan fingerprint density at radius 2 is 1.68 bits per heavy atom. The van der Waals surface area contributed by atoms with Crippen molar-refractivity contribution >= 4 is 18.2 Å². The molecule has 3 rings (SSSR count). The van der Waals surface area contributed by atoms with Gasteiger partial charge in [0.25, 0.3) is 0 Å². The number of carbonyl (C=O) groups is 3. The van der Waals surface area contributed by atoms with Crippen LogP contribution in [0.4, 0.5) is 0 Å². The average molecular weight is 304 g/mol. The third kappa shape index (κ3) is 1.87. The number of rotatable bonds is 5. The van der Waals surface area contributed by atoms with Gasteiger partial charge in [-0.25, -0.2) is 9.59 Å². The summed E-state index contributed by atoms with van der Waals surface area (Å²) >= 11 is 0. The third-order valence-corrected chi connectivity index (χ3v) is 6.25. The Bertz CT molecular complexity index is 578. The molecule has 2 bridgehead atoms. The van der Waals surface area contributed by atoms with Crippen LogP contribution in [0.3, 0.4) is 0 Å². The largest absolute Gasteiger partial charge is 0.478 e. The highest BCUT2D eigenvalue weighted by molar-refractivity contribution is 5.81. The van der Waals surface area contributed by atoms with E-state index in [2.05, 4.69) is 0 Å². The lowest BCUT2D eigenvalue weighted by Gasteiger charge is -2.47. The molecule has 22 heavy (non-hydrogen) atoms. The molecule has 0 aromatic rings. The van der Waals surface area contributed by atoms with Crippen LogP contribution in [0.25, 0.3) is 0 Å². The van der Waals surface area contributed by atoms with Gasteiger partial charge in [0.15, 0.2) is 0 Å². The molecule has 0 heterocycles. The van der Waals surface area contributed by atoms with Crippen molar-refractivity contribution in [2.24, 2.45) is 28.6 Å². The Balaban J connectivity index is 2.12. The van der Waals surface area contributed by atoms with E-state index in [1.165, 1.54) is 6.08 Å². The molecule has 5 heteroatoms. The van der Waals surface area contributed by atoms with E-state index < -0.39 is 22.8 Å². The molecule has 118 valence electrons. The Morgan fingerprint density at radius 3 is 2.32 bits per heavy atom. The number of aliphatic carboxylic acids is 2. The fourth-order valence-electron chi connectivity index (χ4n) is 5.66. The molecule has 5 atom stereocenters. The second kappa shape index (κ2) is 5.07. The van der Waals surface area contributed by atoms with E-state index in [-0.39, 0.29) is 11.8 Å². The van der Waals surface area contributed by atoms with E-state index in [1.54, 1.807) is 12.2 Å². The zero-order chi connectivity index (χ0) is 16.0. The van der Waals surface area contributed by atoms with Crippen LogP contribution in [0.5, 0.6) is 0 Å². The number of carboxylic acid groups (broad SMARTS) is 2. The molecule has 3 aliphatic rings. The highest BCUT2D eigenvalue weighted by atomic mass is 16.4. The molecule has 0 aromatic heterocycles. The van der Waals surface area contributed by atoms with Crippen LogP contribution in [0.2, 0.25) is 0 Å². The summed E-state index contributed by atoms with van der Waals surface area (Å²) in [5.74, 6) is -1.51. The molecule has 3 fully saturated rings. The Morgan fingerprint density at radius 1 is 1.00 bits per heavy atom. The molecule has 0 radical (unpaired) electrons. The van der Waals surface area contributed by atoms with E-state index in [9.17, 15) is 14.4 Å². The van der Waals surface area contributed by atoms with Gasteiger partial charge in [-0.15, -0.1) is 0 Å². The van der Waals surface area contributed by atoms with Gasteiger partial charge in [-0.3, -0.25) is 0 Å². The van der Waals surface area contributed by atoms with Crippen LogP contribution in [-0.2, 0) is 14.4 Å². The first-order valence-corrected chi connectivity index (χ1v) is 7.75. The van der Waals surface area contributed by atoms with Gasteiger partial charge in [-0.2, -0.15) is 0 Å².